The highest BCUT2D eigenvalue weighted by Crippen LogP contribution is 2.33. The number of nitrogens with zero attached hydrogens (tertiary/aromatic N) is 1. The van der Waals surface area contributed by atoms with Crippen molar-refractivity contribution in [3.8, 4) is 0 Å². The maximum Gasteiger partial charge on any atom is 0.269 e. The Morgan fingerprint density at radius 3 is 2.10 bits per heavy atom. The summed E-state index contributed by atoms with van der Waals surface area (Å²) < 4.78 is 0. The van der Waals surface area contributed by atoms with E-state index in [4.69, 9.17) is 23.2 Å². The van der Waals surface area contributed by atoms with Gasteiger partial charge in [0.25, 0.3) is 5.91 Å². The van der Waals surface area contributed by atoms with Crippen LogP contribution in [0.25, 0.3) is 0 Å². The van der Waals surface area contributed by atoms with E-state index in [1.807, 2.05) is 62.4 Å². The summed E-state index contributed by atoms with van der Waals surface area (Å²) in [7, 11) is 0. The zero-order chi connectivity index (χ0) is 21.0. The first-order chi connectivity index (χ1) is 13.9. The Labute approximate surface area is 181 Å². The van der Waals surface area contributed by atoms with Gasteiger partial charge in [0.1, 0.15) is 5.69 Å². The normalized spacial score (nSPS) is 13.1. The molecule has 0 saturated heterocycles. The number of hydrogen-bond donors (Lipinski definition) is 2. The van der Waals surface area contributed by atoms with Gasteiger partial charge >= 0.3 is 0 Å². The predicted molar refractivity (Wildman–Crippen MR) is 119 cm³/mol. The average Bonchev–Trinajstić information content (AvgIpc) is 3.10. The molecular formula is C23H25Cl2N3O. The van der Waals surface area contributed by atoms with E-state index in [1.54, 1.807) is 0 Å². The number of amides is 1. The largest absolute Gasteiger partial charge is 0.350 e. The maximum absolute atomic E-state index is 12.8. The van der Waals surface area contributed by atoms with Crippen molar-refractivity contribution in [1.82, 2.24) is 15.5 Å². The first-order valence-corrected chi connectivity index (χ1v) is 10.5. The molecule has 1 heterocycles. The summed E-state index contributed by atoms with van der Waals surface area (Å²) in [4.78, 5) is 12.8. The van der Waals surface area contributed by atoms with Crippen LogP contribution in [0.2, 0.25) is 10.0 Å². The quantitative estimate of drug-likeness (QED) is 0.490. The predicted octanol–water partition coefficient (Wildman–Crippen LogP) is 5.90. The highest BCUT2D eigenvalue weighted by atomic mass is 35.5. The lowest BCUT2D eigenvalue weighted by molar-refractivity contribution is 0.0944. The van der Waals surface area contributed by atoms with E-state index in [9.17, 15) is 4.79 Å². The summed E-state index contributed by atoms with van der Waals surface area (Å²) in [5.74, 6) is 0.103. The van der Waals surface area contributed by atoms with Gasteiger partial charge in [0.15, 0.2) is 0 Å². The highest BCUT2D eigenvalue weighted by molar-refractivity contribution is 6.30. The fourth-order valence-electron chi connectivity index (χ4n) is 3.58. The minimum atomic E-state index is -0.142. The highest BCUT2D eigenvalue weighted by Gasteiger charge is 2.23. The third kappa shape index (κ3) is 5.01. The van der Waals surface area contributed by atoms with Gasteiger partial charge in [0.05, 0.1) is 5.69 Å². The molecule has 0 aliphatic rings. The van der Waals surface area contributed by atoms with Gasteiger partial charge in [-0.15, -0.1) is 0 Å². The molecular weight excluding hydrogens is 405 g/mol. The summed E-state index contributed by atoms with van der Waals surface area (Å²) in [5, 5.41) is 11.6. The molecule has 2 aromatic carbocycles. The van der Waals surface area contributed by atoms with Crippen molar-refractivity contribution < 1.29 is 4.79 Å². The summed E-state index contributed by atoms with van der Waals surface area (Å²) in [5.41, 5.74) is 4.62. The topological polar surface area (TPSA) is 57.8 Å². The van der Waals surface area contributed by atoms with E-state index >= 15 is 0 Å². The van der Waals surface area contributed by atoms with Gasteiger partial charge < -0.3 is 5.32 Å². The third-order valence-corrected chi connectivity index (χ3v) is 5.96. The van der Waals surface area contributed by atoms with E-state index in [2.05, 4.69) is 22.4 Å². The third-order valence-electron chi connectivity index (χ3n) is 5.45. The molecule has 0 spiro atoms. The van der Waals surface area contributed by atoms with Crippen LogP contribution in [0.15, 0.2) is 48.5 Å². The Bertz CT molecular complexity index is 965. The molecule has 0 fully saturated rings. The van der Waals surface area contributed by atoms with Crippen LogP contribution in [0.1, 0.15) is 58.6 Å². The summed E-state index contributed by atoms with van der Waals surface area (Å²) in [6.07, 6.45) is 0.788. The van der Waals surface area contributed by atoms with Crippen LogP contribution in [0, 0.1) is 6.92 Å². The molecule has 0 radical (unpaired) electrons. The Balaban J connectivity index is 1.82. The second-order valence-corrected chi connectivity index (χ2v) is 8.11. The smallest absolute Gasteiger partial charge is 0.269 e. The summed E-state index contributed by atoms with van der Waals surface area (Å²) in [6.45, 7) is 6.59. The number of nitrogens with one attached hydrogen (secondary N) is 2. The first-order valence-electron chi connectivity index (χ1n) is 9.73. The van der Waals surface area contributed by atoms with Gasteiger partial charge in [0.2, 0.25) is 0 Å². The summed E-state index contributed by atoms with van der Waals surface area (Å²) >= 11 is 12.1. The second-order valence-electron chi connectivity index (χ2n) is 7.23. The van der Waals surface area contributed by atoms with E-state index in [1.165, 1.54) is 0 Å². The van der Waals surface area contributed by atoms with Crippen molar-refractivity contribution in [3.63, 3.8) is 0 Å². The lowest BCUT2D eigenvalue weighted by Gasteiger charge is -2.25. The SMILES string of the molecule is CCc1n[nH]c(C(=O)NCC(c2ccc(Cl)cc2)C(C)c2ccc(Cl)cc2)c1C. The van der Waals surface area contributed by atoms with Crippen molar-refractivity contribution in [1.29, 1.82) is 0 Å². The number of halogens is 2. The van der Waals surface area contributed by atoms with E-state index < -0.39 is 0 Å². The Kier molecular flexibility index (Phi) is 6.99. The standard InChI is InChI=1S/C23H25Cl2N3O/c1-4-21-15(3)22(28-27-21)23(29)26-13-20(17-7-11-19(25)12-8-17)14(2)16-5-9-18(24)10-6-16/h5-12,14,20H,4,13H2,1-3H3,(H,26,29)(H,27,28). The number of carbonyl (C=O) groups excluding carboxylic acids is 1. The average molecular weight is 430 g/mol. The molecule has 0 saturated carbocycles. The maximum atomic E-state index is 12.8. The number of aromatic amines is 1. The van der Waals surface area contributed by atoms with Crippen LogP contribution in [0.4, 0.5) is 0 Å². The molecule has 1 aromatic heterocycles. The van der Waals surface area contributed by atoms with E-state index in [0.29, 0.717) is 22.3 Å². The monoisotopic (exact) mass is 429 g/mol. The van der Waals surface area contributed by atoms with Crippen LogP contribution in [-0.2, 0) is 6.42 Å². The van der Waals surface area contributed by atoms with Gasteiger partial charge in [-0.3, -0.25) is 9.89 Å². The van der Waals surface area contributed by atoms with Gasteiger partial charge in [-0.2, -0.15) is 5.10 Å². The van der Waals surface area contributed by atoms with Crippen molar-refractivity contribution in [2.45, 2.75) is 39.0 Å². The van der Waals surface area contributed by atoms with Crippen LogP contribution in [0.5, 0.6) is 0 Å². The van der Waals surface area contributed by atoms with Crippen LogP contribution >= 0.6 is 23.2 Å². The molecule has 0 aliphatic carbocycles. The van der Waals surface area contributed by atoms with Crippen molar-refractivity contribution in [2.24, 2.45) is 0 Å². The van der Waals surface area contributed by atoms with Crippen LogP contribution < -0.4 is 5.32 Å². The number of aromatic nitrogens is 2. The molecule has 6 heteroatoms. The number of H-pyrrole nitrogens is 1. The van der Waals surface area contributed by atoms with E-state index in [-0.39, 0.29) is 17.7 Å². The Morgan fingerprint density at radius 2 is 1.59 bits per heavy atom. The molecule has 152 valence electrons. The van der Waals surface area contributed by atoms with Gasteiger partial charge in [-0.25, -0.2) is 0 Å². The van der Waals surface area contributed by atoms with Crippen LogP contribution in [-0.4, -0.2) is 22.6 Å². The number of benzene rings is 2. The lowest BCUT2D eigenvalue weighted by atomic mass is 9.82. The molecule has 2 N–H and O–H groups in total. The second kappa shape index (κ2) is 9.47. The molecule has 29 heavy (non-hydrogen) atoms. The number of hydrogen-bond acceptors (Lipinski definition) is 2. The van der Waals surface area contributed by atoms with E-state index in [0.717, 1.165) is 28.8 Å². The number of aryl methyl sites for hydroxylation is 1. The van der Waals surface area contributed by atoms with Crippen molar-refractivity contribution in [2.75, 3.05) is 6.54 Å². The Hall–Kier alpha value is -2.30. The number of rotatable bonds is 7. The minimum absolute atomic E-state index is 0.0752. The minimum Gasteiger partial charge on any atom is -0.350 e. The molecule has 3 aromatic rings. The Morgan fingerprint density at radius 1 is 1.03 bits per heavy atom. The molecule has 2 atom stereocenters. The van der Waals surface area contributed by atoms with Gasteiger partial charge in [0, 0.05) is 28.1 Å². The van der Waals surface area contributed by atoms with Gasteiger partial charge in [-0.05, 0) is 54.7 Å². The van der Waals surface area contributed by atoms with Crippen LogP contribution in [0.3, 0.4) is 0 Å². The molecule has 0 aliphatic heterocycles. The summed E-state index contributed by atoms with van der Waals surface area (Å²) in [6, 6.07) is 15.6. The zero-order valence-electron chi connectivity index (χ0n) is 16.8. The number of carbonyl (C=O) groups is 1. The lowest BCUT2D eigenvalue weighted by Crippen LogP contribution is -2.31. The zero-order valence-corrected chi connectivity index (χ0v) is 18.3. The van der Waals surface area contributed by atoms with Crippen molar-refractivity contribution in [3.05, 3.63) is 86.7 Å². The molecule has 4 nitrogen and oxygen atoms in total. The first kappa shape index (κ1) is 21.4. The fourth-order valence-corrected chi connectivity index (χ4v) is 3.84. The molecule has 2 unspecified atom stereocenters. The van der Waals surface area contributed by atoms with Crippen molar-refractivity contribution >= 4 is 29.1 Å². The molecule has 3 rings (SSSR count). The van der Waals surface area contributed by atoms with Gasteiger partial charge in [-0.1, -0.05) is 61.3 Å². The fraction of sp³-hybridized carbons (Fsp3) is 0.304. The molecule has 1 amide bonds. The molecule has 0 bridgehead atoms.